The molecule has 1 heterocycles. The third kappa shape index (κ3) is 2.65. The van der Waals surface area contributed by atoms with Crippen LogP contribution in [0.5, 0.6) is 0 Å². The smallest absolute Gasteiger partial charge is 0.274 e. The maximum absolute atomic E-state index is 11.6. The topological polar surface area (TPSA) is 78.5 Å². The molecule has 1 aromatic rings. The average molecular weight is 247 g/mol. The van der Waals surface area contributed by atoms with Crippen LogP contribution in [0.25, 0.3) is 0 Å². The van der Waals surface area contributed by atoms with Gasteiger partial charge in [-0.2, -0.15) is 0 Å². The molecule has 1 saturated heterocycles. The molecule has 1 fully saturated rings. The highest BCUT2D eigenvalue weighted by Gasteiger charge is 2.26. The normalized spacial score (nSPS) is 14.4. The fourth-order valence-corrected chi connectivity index (χ4v) is 1.70. The van der Waals surface area contributed by atoms with Crippen LogP contribution in [0.3, 0.4) is 0 Å². The van der Waals surface area contributed by atoms with Crippen LogP contribution in [0, 0.1) is 0 Å². The Hall–Kier alpha value is -2.37. The number of likely N-dealkylation sites (tertiary alicyclic amines) is 1. The second kappa shape index (κ2) is 5.31. The minimum atomic E-state index is -0.596. The van der Waals surface area contributed by atoms with Crippen molar-refractivity contribution >= 4 is 17.8 Å². The minimum absolute atomic E-state index is 0.221. The maximum atomic E-state index is 11.6. The first-order valence-electron chi connectivity index (χ1n) is 5.64. The van der Waals surface area contributed by atoms with E-state index in [1.54, 1.807) is 30.3 Å². The van der Waals surface area contributed by atoms with Gasteiger partial charge in [-0.25, -0.2) is 10.2 Å². The summed E-state index contributed by atoms with van der Waals surface area (Å²) in [6, 6.07) is 7.90. The number of amides is 4. The Labute approximate surface area is 104 Å². The number of hydrogen-bond donors (Lipinski definition) is 2. The molecule has 2 rings (SSSR count). The van der Waals surface area contributed by atoms with E-state index in [0.29, 0.717) is 24.9 Å². The Morgan fingerprint density at radius 1 is 1.11 bits per heavy atom. The Morgan fingerprint density at radius 2 is 1.83 bits per heavy atom. The molecule has 0 bridgehead atoms. The largest absolute Gasteiger partial charge is 0.342 e. The first-order chi connectivity index (χ1) is 8.68. The molecule has 0 aromatic heterocycles. The van der Waals surface area contributed by atoms with Gasteiger partial charge < -0.3 is 0 Å². The van der Waals surface area contributed by atoms with Gasteiger partial charge in [0.25, 0.3) is 5.91 Å². The third-order valence-corrected chi connectivity index (χ3v) is 2.64. The number of nitrogens with zero attached hydrogens (tertiary/aromatic N) is 1. The first-order valence-corrected chi connectivity index (χ1v) is 5.64. The molecular weight excluding hydrogens is 234 g/mol. The van der Waals surface area contributed by atoms with Gasteiger partial charge in [-0.3, -0.25) is 19.9 Å². The second-order valence-electron chi connectivity index (χ2n) is 3.90. The summed E-state index contributed by atoms with van der Waals surface area (Å²) in [7, 11) is 0. The molecule has 2 N–H and O–H groups in total. The van der Waals surface area contributed by atoms with Crippen molar-refractivity contribution < 1.29 is 14.4 Å². The molecule has 18 heavy (non-hydrogen) atoms. The Bertz CT molecular complexity index is 473. The number of urea groups is 1. The summed E-state index contributed by atoms with van der Waals surface area (Å²) >= 11 is 0. The number of carbonyl (C=O) groups is 3. The molecule has 1 aliphatic heterocycles. The van der Waals surface area contributed by atoms with E-state index in [-0.39, 0.29) is 5.91 Å². The predicted molar refractivity (Wildman–Crippen MR) is 63.4 cm³/mol. The van der Waals surface area contributed by atoms with Crippen molar-refractivity contribution in [3.63, 3.8) is 0 Å². The lowest BCUT2D eigenvalue weighted by atomic mass is 10.2. The average Bonchev–Trinajstić information content (AvgIpc) is 2.83. The van der Waals surface area contributed by atoms with E-state index in [1.165, 1.54) is 0 Å². The van der Waals surface area contributed by atoms with Gasteiger partial charge >= 0.3 is 6.03 Å². The van der Waals surface area contributed by atoms with E-state index in [2.05, 4.69) is 10.9 Å². The van der Waals surface area contributed by atoms with Crippen LogP contribution in [-0.2, 0) is 4.79 Å². The molecule has 0 spiro atoms. The van der Waals surface area contributed by atoms with Crippen molar-refractivity contribution in [2.75, 3.05) is 6.54 Å². The van der Waals surface area contributed by atoms with Crippen LogP contribution in [0.2, 0.25) is 0 Å². The van der Waals surface area contributed by atoms with Gasteiger partial charge in [0.1, 0.15) is 0 Å². The summed E-state index contributed by atoms with van der Waals surface area (Å²) < 4.78 is 0. The lowest BCUT2D eigenvalue weighted by molar-refractivity contribution is -0.125. The van der Waals surface area contributed by atoms with Gasteiger partial charge in [0.05, 0.1) is 0 Å². The van der Waals surface area contributed by atoms with E-state index in [1.807, 2.05) is 0 Å². The lowest BCUT2D eigenvalue weighted by Gasteiger charge is -2.14. The van der Waals surface area contributed by atoms with Gasteiger partial charge in [0.15, 0.2) is 0 Å². The van der Waals surface area contributed by atoms with Crippen LogP contribution < -0.4 is 10.9 Å². The number of benzene rings is 1. The van der Waals surface area contributed by atoms with Gasteiger partial charge in [0.2, 0.25) is 5.91 Å². The van der Waals surface area contributed by atoms with Crippen molar-refractivity contribution in [3.8, 4) is 0 Å². The van der Waals surface area contributed by atoms with Crippen LogP contribution in [-0.4, -0.2) is 29.3 Å². The van der Waals surface area contributed by atoms with Crippen molar-refractivity contribution in [2.45, 2.75) is 12.8 Å². The highest BCUT2D eigenvalue weighted by atomic mass is 16.2. The fraction of sp³-hybridized carbons (Fsp3) is 0.250. The van der Waals surface area contributed by atoms with Crippen molar-refractivity contribution in [2.24, 2.45) is 0 Å². The van der Waals surface area contributed by atoms with E-state index in [0.717, 1.165) is 4.90 Å². The summed E-state index contributed by atoms with van der Waals surface area (Å²) in [5, 5.41) is 0. The maximum Gasteiger partial charge on any atom is 0.342 e. The van der Waals surface area contributed by atoms with E-state index in [9.17, 15) is 14.4 Å². The van der Waals surface area contributed by atoms with E-state index >= 15 is 0 Å². The SMILES string of the molecule is O=C(NNC(=O)N1CCCC1=O)c1ccccc1. The van der Waals surface area contributed by atoms with Crippen LogP contribution >= 0.6 is 0 Å². The second-order valence-corrected chi connectivity index (χ2v) is 3.90. The number of nitrogens with one attached hydrogen (secondary N) is 2. The highest BCUT2D eigenvalue weighted by molar-refractivity contribution is 5.98. The van der Waals surface area contributed by atoms with Crippen LogP contribution in [0.15, 0.2) is 30.3 Å². The molecule has 0 saturated carbocycles. The number of rotatable bonds is 1. The third-order valence-electron chi connectivity index (χ3n) is 2.64. The molecular formula is C12H13N3O3. The molecule has 1 aromatic carbocycles. The molecule has 0 atom stereocenters. The Kier molecular flexibility index (Phi) is 3.57. The number of imide groups is 1. The molecule has 0 unspecified atom stereocenters. The number of hydrazine groups is 1. The Balaban J connectivity index is 1.86. The van der Waals surface area contributed by atoms with Gasteiger partial charge in [-0.05, 0) is 18.6 Å². The van der Waals surface area contributed by atoms with E-state index < -0.39 is 11.9 Å². The summed E-state index contributed by atoms with van der Waals surface area (Å²) in [5.41, 5.74) is 4.92. The summed E-state index contributed by atoms with van der Waals surface area (Å²) in [4.78, 5) is 35.6. The first kappa shape index (κ1) is 12.1. The van der Waals surface area contributed by atoms with Gasteiger partial charge in [0, 0.05) is 18.5 Å². The standard InChI is InChI=1S/C12H13N3O3/c16-10-7-4-8-15(10)12(18)14-13-11(17)9-5-2-1-3-6-9/h1-3,5-6H,4,7-8H2,(H,13,17)(H,14,18). The zero-order valence-corrected chi connectivity index (χ0v) is 9.68. The summed E-state index contributed by atoms with van der Waals surface area (Å²) in [5.74, 6) is -0.642. The zero-order chi connectivity index (χ0) is 13.0. The zero-order valence-electron chi connectivity index (χ0n) is 9.68. The molecule has 0 radical (unpaired) electrons. The van der Waals surface area contributed by atoms with Crippen LogP contribution in [0.1, 0.15) is 23.2 Å². The van der Waals surface area contributed by atoms with Crippen molar-refractivity contribution in [3.05, 3.63) is 35.9 Å². The van der Waals surface area contributed by atoms with Crippen molar-refractivity contribution in [1.82, 2.24) is 15.8 Å². The number of hydrogen-bond acceptors (Lipinski definition) is 3. The Morgan fingerprint density at radius 3 is 2.44 bits per heavy atom. The van der Waals surface area contributed by atoms with Crippen molar-refractivity contribution in [1.29, 1.82) is 0 Å². The predicted octanol–water partition coefficient (Wildman–Crippen LogP) is 0.663. The van der Waals surface area contributed by atoms with E-state index in [4.69, 9.17) is 0 Å². The minimum Gasteiger partial charge on any atom is -0.274 e. The number of carbonyl (C=O) groups excluding carboxylic acids is 3. The highest BCUT2D eigenvalue weighted by Crippen LogP contribution is 2.08. The van der Waals surface area contributed by atoms with Gasteiger partial charge in [-0.1, -0.05) is 18.2 Å². The molecule has 0 aliphatic carbocycles. The fourth-order valence-electron chi connectivity index (χ4n) is 1.70. The quantitative estimate of drug-likeness (QED) is 0.716. The molecule has 1 aliphatic rings. The monoisotopic (exact) mass is 247 g/mol. The molecule has 4 amide bonds. The molecule has 6 heteroatoms. The van der Waals surface area contributed by atoms with Gasteiger partial charge in [-0.15, -0.1) is 0 Å². The summed E-state index contributed by atoms with van der Waals surface area (Å²) in [6.45, 7) is 0.395. The summed E-state index contributed by atoms with van der Waals surface area (Å²) in [6.07, 6.45) is 1.04. The molecule has 6 nitrogen and oxygen atoms in total. The van der Waals surface area contributed by atoms with Crippen LogP contribution in [0.4, 0.5) is 4.79 Å². The lowest BCUT2D eigenvalue weighted by Crippen LogP contribution is -2.49. The molecule has 94 valence electrons.